The van der Waals surface area contributed by atoms with E-state index >= 15 is 0 Å². The molecule has 1 aliphatic heterocycles. The summed E-state index contributed by atoms with van der Waals surface area (Å²) in [6.07, 6.45) is 3.39. The standard InChI is InChI=1S/C20H16FN5O2/c21-15-1-2-17-18(9-15)28-20(23-17)25-10-13(11-25)12-26-19(27)4-3-16(24-26)14-5-7-22-8-6-14/h1-9,13H,10-12H2. The number of pyridine rings is 1. The normalized spacial score (nSPS) is 14.4. The fourth-order valence-electron chi connectivity index (χ4n) is 3.36. The van der Waals surface area contributed by atoms with E-state index in [0.29, 0.717) is 36.7 Å². The molecular formula is C20H16FN5O2. The van der Waals surface area contributed by atoms with Crippen LogP contribution in [0.3, 0.4) is 0 Å². The van der Waals surface area contributed by atoms with Gasteiger partial charge in [-0.1, -0.05) is 0 Å². The highest BCUT2D eigenvalue weighted by atomic mass is 19.1. The van der Waals surface area contributed by atoms with E-state index in [1.54, 1.807) is 24.5 Å². The monoisotopic (exact) mass is 377 g/mol. The van der Waals surface area contributed by atoms with Crippen LogP contribution in [0.1, 0.15) is 0 Å². The molecule has 0 saturated carbocycles. The maximum absolute atomic E-state index is 13.3. The van der Waals surface area contributed by atoms with Crippen LogP contribution in [-0.2, 0) is 6.54 Å². The van der Waals surface area contributed by atoms with E-state index in [2.05, 4.69) is 15.1 Å². The SMILES string of the molecule is O=c1ccc(-c2ccncc2)nn1CC1CN(c2nc3ccc(F)cc3o2)C1. The number of nitrogens with zero attached hydrogens (tertiary/aromatic N) is 5. The van der Waals surface area contributed by atoms with Crippen LogP contribution in [0.4, 0.5) is 10.4 Å². The second-order valence-electron chi connectivity index (χ2n) is 6.85. The summed E-state index contributed by atoms with van der Waals surface area (Å²) in [5, 5.41) is 4.48. The molecule has 4 heterocycles. The molecule has 1 aromatic carbocycles. The molecule has 1 fully saturated rings. The topological polar surface area (TPSA) is 77.1 Å². The van der Waals surface area contributed by atoms with E-state index < -0.39 is 0 Å². The van der Waals surface area contributed by atoms with Crippen LogP contribution in [0.2, 0.25) is 0 Å². The first-order chi connectivity index (χ1) is 13.7. The minimum Gasteiger partial charge on any atom is -0.423 e. The van der Waals surface area contributed by atoms with E-state index in [-0.39, 0.29) is 17.3 Å². The Morgan fingerprint density at radius 1 is 1.11 bits per heavy atom. The molecule has 3 aromatic heterocycles. The lowest BCUT2D eigenvalue weighted by molar-refractivity contribution is 0.319. The van der Waals surface area contributed by atoms with Crippen LogP contribution in [0.5, 0.6) is 0 Å². The summed E-state index contributed by atoms with van der Waals surface area (Å²) in [6, 6.07) is 11.7. The molecule has 0 bridgehead atoms. The Hall–Kier alpha value is -3.55. The first kappa shape index (κ1) is 16.6. The summed E-state index contributed by atoms with van der Waals surface area (Å²) in [6.45, 7) is 1.91. The molecular weight excluding hydrogens is 361 g/mol. The van der Waals surface area contributed by atoms with Gasteiger partial charge in [-0.25, -0.2) is 9.07 Å². The Morgan fingerprint density at radius 2 is 1.93 bits per heavy atom. The van der Waals surface area contributed by atoms with Gasteiger partial charge in [0.25, 0.3) is 11.6 Å². The highest BCUT2D eigenvalue weighted by Gasteiger charge is 2.31. The van der Waals surface area contributed by atoms with E-state index in [4.69, 9.17) is 4.42 Å². The van der Waals surface area contributed by atoms with Crippen LogP contribution >= 0.6 is 0 Å². The van der Waals surface area contributed by atoms with Gasteiger partial charge in [0, 0.05) is 49.1 Å². The maximum Gasteiger partial charge on any atom is 0.298 e. The van der Waals surface area contributed by atoms with Crippen molar-refractivity contribution < 1.29 is 8.81 Å². The zero-order chi connectivity index (χ0) is 19.1. The highest BCUT2D eigenvalue weighted by molar-refractivity contribution is 5.74. The zero-order valence-electron chi connectivity index (χ0n) is 14.8. The summed E-state index contributed by atoms with van der Waals surface area (Å²) in [5.41, 5.74) is 2.58. The van der Waals surface area contributed by atoms with Gasteiger partial charge in [-0.2, -0.15) is 10.1 Å². The molecule has 0 amide bonds. The molecule has 8 heteroatoms. The smallest absolute Gasteiger partial charge is 0.298 e. The summed E-state index contributed by atoms with van der Waals surface area (Å²) >= 11 is 0. The third kappa shape index (κ3) is 3.02. The molecule has 0 spiro atoms. The first-order valence-corrected chi connectivity index (χ1v) is 8.95. The lowest BCUT2D eigenvalue weighted by Crippen LogP contribution is -2.49. The van der Waals surface area contributed by atoms with Crippen molar-refractivity contribution in [3.8, 4) is 11.3 Å². The zero-order valence-corrected chi connectivity index (χ0v) is 14.8. The molecule has 5 rings (SSSR count). The number of anilines is 1. The van der Waals surface area contributed by atoms with Gasteiger partial charge in [0.2, 0.25) is 0 Å². The molecule has 0 radical (unpaired) electrons. The Morgan fingerprint density at radius 3 is 2.75 bits per heavy atom. The number of aromatic nitrogens is 4. The van der Waals surface area contributed by atoms with Crippen LogP contribution < -0.4 is 10.5 Å². The van der Waals surface area contributed by atoms with Crippen molar-refractivity contribution in [2.75, 3.05) is 18.0 Å². The van der Waals surface area contributed by atoms with E-state index in [0.717, 1.165) is 11.3 Å². The average Bonchev–Trinajstić information content (AvgIpc) is 3.08. The van der Waals surface area contributed by atoms with Gasteiger partial charge < -0.3 is 9.32 Å². The van der Waals surface area contributed by atoms with Crippen LogP contribution in [0.15, 0.2) is 64.1 Å². The second kappa shape index (κ2) is 6.56. The van der Waals surface area contributed by atoms with Gasteiger partial charge in [-0.3, -0.25) is 9.78 Å². The quantitative estimate of drug-likeness (QED) is 0.544. The fraction of sp³-hybridized carbons (Fsp3) is 0.200. The van der Waals surface area contributed by atoms with Crippen LogP contribution in [0.25, 0.3) is 22.4 Å². The fourth-order valence-corrected chi connectivity index (χ4v) is 3.36. The number of benzene rings is 1. The number of halogens is 1. The van der Waals surface area contributed by atoms with Crippen molar-refractivity contribution in [3.05, 3.63) is 71.0 Å². The molecule has 0 unspecified atom stereocenters. The largest absolute Gasteiger partial charge is 0.423 e. The summed E-state index contributed by atoms with van der Waals surface area (Å²) in [7, 11) is 0. The van der Waals surface area contributed by atoms with Gasteiger partial charge in [0.05, 0.1) is 12.2 Å². The van der Waals surface area contributed by atoms with E-state index in [1.807, 2.05) is 17.0 Å². The summed E-state index contributed by atoms with van der Waals surface area (Å²) in [4.78, 5) is 22.6. The Bertz CT molecular complexity index is 1200. The minimum atomic E-state index is -0.351. The Kier molecular flexibility index (Phi) is 3.89. The molecule has 28 heavy (non-hydrogen) atoms. The van der Waals surface area contributed by atoms with Crippen LogP contribution in [-0.4, -0.2) is 32.8 Å². The summed E-state index contributed by atoms with van der Waals surface area (Å²) < 4.78 is 20.4. The van der Waals surface area contributed by atoms with Gasteiger partial charge in [0.15, 0.2) is 5.58 Å². The van der Waals surface area contributed by atoms with Crippen molar-refractivity contribution in [1.29, 1.82) is 0 Å². The first-order valence-electron chi connectivity index (χ1n) is 8.95. The van der Waals surface area contributed by atoms with Crippen molar-refractivity contribution in [3.63, 3.8) is 0 Å². The minimum absolute atomic E-state index is 0.131. The third-order valence-corrected chi connectivity index (χ3v) is 4.84. The van der Waals surface area contributed by atoms with E-state index in [9.17, 15) is 9.18 Å². The van der Waals surface area contributed by atoms with Crippen molar-refractivity contribution in [2.24, 2.45) is 5.92 Å². The Balaban J connectivity index is 1.30. The van der Waals surface area contributed by atoms with Gasteiger partial charge in [0.1, 0.15) is 11.3 Å². The number of fused-ring (bicyclic) bond motifs is 1. The lowest BCUT2D eigenvalue weighted by Gasteiger charge is -2.37. The molecule has 140 valence electrons. The predicted molar refractivity (Wildman–Crippen MR) is 101 cm³/mol. The van der Waals surface area contributed by atoms with Gasteiger partial charge in [-0.15, -0.1) is 0 Å². The van der Waals surface area contributed by atoms with Gasteiger partial charge in [-0.05, 0) is 30.3 Å². The molecule has 7 nitrogen and oxygen atoms in total. The molecule has 1 aliphatic rings. The molecule has 4 aromatic rings. The second-order valence-corrected chi connectivity index (χ2v) is 6.85. The lowest BCUT2D eigenvalue weighted by atomic mass is 10.0. The van der Waals surface area contributed by atoms with Crippen molar-refractivity contribution >= 4 is 17.1 Å². The molecule has 0 atom stereocenters. The Labute approximate surface area is 159 Å². The predicted octanol–water partition coefficient (Wildman–Crippen LogP) is 2.72. The third-order valence-electron chi connectivity index (χ3n) is 4.84. The number of hydrogen-bond donors (Lipinski definition) is 0. The highest BCUT2D eigenvalue weighted by Crippen LogP contribution is 2.28. The maximum atomic E-state index is 13.3. The van der Waals surface area contributed by atoms with Crippen LogP contribution in [0, 0.1) is 11.7 Å². The number of oxazole rings is 1. The average molecular weight is 377 g/mol. The molecule has 0 N–H and O–H groups in total. The van der Waals surface area contributed by atoms with Crippen molar-refractivity contribution in [1.82, 2.24) is 19.7 Å². The number of hydrogen-bond acceptors (Lipinski definition) is 6. The summed E-state index contributed by atoms with van der Waals surface area (Å²) in [5.74, 6) is -0.0964. The van der Waals surface area contributed by atoms with E-state index in [1.165, 1.54) is 22.9 Å². The van der Waals surface area contributed by atoms with Gasteiger partial charge >= 0.3 is 0 Å². The molecule has 1 saturated heterocycles. The molecule has 0 aliphatic carbocycles. The van der Waals surface area contributed by atoms with Crippen molar-refractivity contribution in [2.45, 2.75) is 6.54 Å². The number of rotatable bonds is 4.